The molecule has 0 atom stereocenters. The molecule has 1 heterocycles. The second kappa shape index (κ2) is 3.18. The molecular formula is C5H11BrSi2. The van der Waals surface area contributed by atoms with Crippen LogP contribution >= 0.6 is 15.3 Å². The van der Waals surface area contributed by atoms with E-state index in [2.05, 4.69) is 22.2 Å². The number of halogens is 1. The molecule has 0 amide bonds. The van der Waals surface area contributed by atoms with Crippen LogP contribution in [0.3, 0.4) is 0 Å². The molecule has 46 valence electrons. The fourth-order valence-corrected chi connectivity index (χ4v) is 14.2. The third-order valence-corrected chi connectivity index (χ3v) is 14.8. The van der Waals surface area contributed by atoms with Gasteiger partial charge in [-0.15, -0.1) is 15.3 Å². The molecule has 3 heteroatoms. The molecule has 1 aliphatic rings. The van der Waals surface area contributed by atoms with Gasteiger partial charge in [0.1, 0.15) is 7.42 Å². The second-order valence-electron chi connectivity index (χ2n) is 2.37. The van der Waals surface area contributed by atoms with Gasteiger partial charge in [0.05, 0.1) is 0 Å². The van der Waals surface area contributed by atoms with Crippen molar-refractivity contribution in [3.05, 3.63) is 0 Å². The summed E-state index contributed by atoms with van der Waals surface area (Å²) in [5, 5.41) is 0. The fourth-order valence-electron chi connectivity index (χ4n) is 1.02. The third-order valence-electron chi connectivity index (χ3n) is 1.49. The summed E-state index contributed by atoms with van der Waals surface area (Å²) in [4.78, 5) is 0. The zero-order valence-corrected chi connectivity index (χ0v) is 8.79. The van der Waals surface area contributed by atoms with Crippen LogP contribution < -0.4 is 0 Å². The van der Waals surface area contributed by atoms with E-state index in [4.69, 9.17) is 0 Å². The second-order valence-corrected chi connectivity index (χ2v) is 11.6. The van der Waals surface area contributed by atoms with Crippen LogP contribution in [-0.4, -0.2) is 16.2 Å². The first-order valence-corrected chi connectivity index (χ1v) is 9.46. The Labute approximate surface area is 62.5 Å². The number of hydrogen-bond donors (Lipinski definition) is 0. The maximum Gasteiger partial charge on any atom is 0.129 e. The van der Waals surface area contributed by atoms with E-state index in [1.165, 1.54) is 6.42 Å². The van der Waals surface area contributed by atoms with Gasteiger partial charge in [0.2, 0.25) is 0 Å². The van der Waals surface area contributed by atoms with Crippen LogP contribution in [0.15, 0.2) is 0 Å². The average molecular weight is 207 g/mol. The summed E-state index contributed by atoms with van der Waals surface area (Å²) in [7, 11) is 0.345. The van der Waals surface area contributed by atoms with Crippen LogP contribution in [0.2, 0.25) is 17.4 Å². The van der Waals surface area contributed by atoms with Crippen LogP contribution in [0.1, 0.15) is 13.3 Å². The molecule has 0 aromatic heterocycles. The molecule has 0 bridgehead atoms. The molecule has 0 saturated carbocycles. The number of rotatable bonds is 2. The lowest BCUT2D eigenvalue weighted by molar-refractivity contribution is 1.05. The minimum Gasteiger partial charge on any atom is -0.129 e. The van der Waals surface area contributed by atoms with Gasteiger partial charge >= 0.3 is 0 Å². The Kier molecular flexibility index (Phi) is 2.79. The van der Waals surface area contributed by atoms with Gasteiger partial charge < -0.3 is 0 Å². The van der Waals surface area contributed by atoms with Gasteiger partial charge in [-0.1, -0.05) is 30.7 Å². The highest BCUT2D eigenvalue weighted by atomic mass is 79.9. The Morgan fingerprint density at radius 2 is 2.12 bits per heavy atom. The first-order valence-electron chi connectivity index (χ1n) is 3.16. The summed E-state index contributed by atoms with van der Waals surface area (Å²) in [5.74, 6) is 0. The van der Waals surface area contributed by atoms with Crippen molar-refractivity contribution < 1.29 is 0 Å². The first-order chi connectivity index (χ1) is 3.83. The zero-order valence-electron chi connectivity index (χ0n) is 5.21. The lowest BCUT2D eigenvalue weighted by Crippen LogP contribution is -2.34. The summed E-state index contributed by atoms with van der Waals surface area (Å²) in [6.45, 7) is 2.30. The molecule has 1 rings (SSSR count). The maximum atomic E-state index is 3.70. The van der Waals surface area contributed by atoms with E-state index in [-0.39, 0.29) is 16.2 Å². The van der Waals surface area contributed by atoms with Crippen molar-refractivity contribution in [2.24, 2.45) is 0 Å². The van der Waals surface area contributed by atoms with Crippen LogP contribution in [0.25, 0.3) is 0 Å². The lowest BCUT2D eigenvalue weighted by atomic mass is 10.6. The van der Waals surface area contributed by atoms with Gasteiger partial charge in [0.25, 0.3) is 0 Å². The smallest absolute Gasteiger partial charge is 0.129 e. The largest absolute Gasteiger partial charge is 0.129 e. The van der Waals surface area contributed by atoms with Crippen LogP contribution in [0, 0.1) is 0 Å². The Morgan fingerprint density at radius 1 is 1.50 bits per heavy atom. The highest BCUT2D eigenvalue weighted by molar-refractivity contribution is 9.24. The Balaban J connectivity index is 1.98. The quantitative estimate of drug-likeness (QED) is 0.481. The Hall–Kier alpha value is 0.914. The Morgan fingerprint density at radius 3 is 2.50 bits per heavy atom. The fraction of sp³-hybridized carbons (Fsp3) is 1.00. The summed E-state index contributed by atoms with van der Waals surface area (Å²) in [6.07, 6.45) is 1.43. The van der Waals surface area contributed by atoms with Crippen LogP contribution in [-0.2, 0) is 0 Å². The van der Waals surface area contributed by atoms with E-state index in [1.54, 1.807) is 17.4 Å². The normalized spacial score (nSPS) is 23.2. The zero-order chi connectivity index (χ0) is 5.98. The van der Waals surface area contributed by atoms with Crippen molar-refractivity contribution in [3.8, 4) is 0 Å². The van der Waals surface area contributed by atoms with Crippen LogP contribution in [0.4, 0.5) is 0 Å². The molecule has 0 aromatic rings. The monoisotopic (exact) mass is 206 g/mol. The molecule has 0 N–H and O–H groups in total. The summed E-state index contributed by atoms with van der Waals surface area (Å²) >= 11 is 3.70. The van der Waals surface area contributed by atoms with Gasteiger partial charge in [0, 0.05) is 8.80 Å². The van der Waals surface area contributed by atoms with E-state index < -0.39 is 0 Å². The molecule has 2 radical (unpaired) electrons. The summed E-state index contributed by atoms with van der Waals surface area (Å²) < 4.78 is 0. The van der Waals surface area contributed by atoms with E-state index >= 15 is 0 Å². The molecule has 1 saturated heterocycles. The predicted molar refractivity (Wildman–Crippen MR) is 45.1 cm³/mol. The van der Waals surface area contributed by atoms with Gasteiger partial charge in [-0.3, -0.25) is 0 Å². The highest BCUT2D eigenvalue weighted by Gasteiger charge is 2.28. The van der Waals surface area contributed by atoms with Gasteiger partial charge in [0.15, 0.2) is 0 Å². The maximum absolute atomic E-state index is 3.70. The van der Waals surface area contributed by atoms with Crippen molar-refractivity contribution >= 4 is 31.5 Å². The number of hydrogen-bond acceptors (Lipinski definition) is 0. The molecule has 1 fully saturated rings. The predicted octanol–water partition coefficient (Wildman–Crippen LogP) is 2.37. The lowest BCUT2D eigenvalue weighted by Gasteiger charge is -2.27. The Bertz CT molecular complexity index is 68.1. The van der Waals surface area contributed by atoms with Crippen molar-refractivity contribution in [2.75, 3.05) is 0 Å². The molecule has 0 nitrogen and oxygen atoms in total. The van der Waals surface area contributed by atoms with E-state index in [9.17, 15) is 0 Å². The molecule has 0 aromatic carbocycles. The molecule has 8 heavy (non-hydrogen) atoms. The molecule has 0 spiro atoms. The molecule has 0 aliphatic carbocycles. The third kappa shape index (κ3) is 1.70. The van der Waals surface area contributed by atoms with Crippen molar-refractivity contribution in [1.29, 1.82) is 0 Å². The van der Waals surface area contributed by atoms with Crippen molar-refractivity contribution in [2.45, 2.75) is 30.7 Å². The van der Waals surface area contributed by atoms with Gasteiger partial charge in [-0.2, -0.15) is 0 Å². The first kappa shape index (κ1) is 7.03. The standard InChI is InChI=1S/C5H11BrSi2/c1-2-3-7-4-8(6)5-7/h2-5H2,1H3. The highest BCUT2D eigenvalue weighted by Crippen LogP contribution is 2.27. The molecule has 0 unspecified atom stereocenters. The summed E-state index contributed by atoms with van der Waals surface area (Å²) in [5.41, 5.74) is 3.26. The molecular weight excluding hydrogens is 196 g/mol. The van der Waals surface area contributed by atoms with Gasteiger partial charge in [-0.05, 0) is 0 Å². The SMILES string of the molecule is CCC[Si]1C[Si](Br)C1. The summed E-state index contributed by atoms with van der Waals surface area (Å²) in [6, 6.07) is 1.57. The minimum absolute atomic E-state index is 0.0942. The van der Waals surface area contributed by atoms with E-state index in [1.807, 2.05) is 0 Å². The van der Waals surface area contributed by atoms with E-state index in [0.717, 1.165) is 0 Å². The molecule has 1 aliphatic heterocycles. The van der Waals surface area contributed by atoms with Crippen molar-refractivity contribution in [3.63, 3.8) is 0 Å². The van der Waals surface area contributed by atoms with Gasteiger partial charge in [-0.25, -0.2) is 0 Å². The topological polar surface area (TPSA) is 0 Å². The van der Waals surface area contributed by atoms with E-state index in [0.29, 0.717) is 0 Å². The minimum atomic E-state index is 0.0942. The van der Waals surface area contributed by atoms with Crippen LogP contribution in [0.5, 0.6) is 0 Å². The average Bonchev–Trinajstić information content (AvgIpc) is 1.64. The van der Waals surface area contributed by atoms with Crippen molar-refractivity contribution in [1.82, 2.24) is 0 Å².